The van der Waals surface area contributed by atoms with Crippen molar-refractivity contribution in [2.45, 2.75) is 32.6 Å². The van der Waals surface area contributed by atoms with Crippen LogP contribution >= 0.6 is 0 Å². The van der Waals surface area contributed by atoms with Gasteiger partial charge in [-0.05, 0) is 68.1 Å². The topological polar surface area (TPSA) is 82.3 Å². The molecule has 3 aromatic carbocycles. The molecular weight excluding hydrogens is 438 g/mol. The molecule has 0 aliphatic rings. The maximum atomic E-state index is 13.6. The van der Waals surface area contributed by atoms with Gasteiger partial charge in [-0.3, -0.25) is 13.9 Å². The Bertz CT molecular complexity index is 1520. The molecular formula is C25H27N3O4S. The van der Waals surface area contributed by atoms with Crippen molar-refractivity contribution in [3.8, 4) is 11.5 Å². The number of hydrogen-bond donors (Lipinski definition) is 1. The molecule has 0 spiro atoms. The molecule has 0 aliphatic heterocycles. The van der Waals surface area contributed by atoms with Crippen LogP contribution in [0.4, 0.5) is 5.69 Å². The van der Waals surface area contributed by atoms with Gasteiger partial charge < -0.3 is 4.74 Å². The van der Waals surface area contributed by atoms with Crippen molar-refractivity contribution in [3.05, 3.63) is 81.3 Å². The molecule has 0 amide bonds. The molecule has 172 valence electrons. The number of ether oxygens (including phenoxy) is 1. The van der Waals surface area contributed by atoms with Crippen molar-refractivity contribution in [3.63, 3.8) is 0 Å². The predicted octanol–water partition coefficient (Wildman–Crippen LogP) is 4.70. The fourth-order valence-electron chi connectivity index (χ4n) is 4.09. The smallest absolute Gasteiger partial charge is 0.328 e. The predicted molar refractivity (Wildman–Crippen MR) is 131 cm³/mol. The second-order valence-corrected chi connectivity index (χ2v) is 9.97. The minimum Gasteiger partial charge on any atom is -0.455 e. The number of sulfonamides is 1. The molecule has 1 heterocycles. The minimum absolute atomic E-state index is 0.211. The first kappa shape index (κ1) is 22.7. The van der Waals surface area contributed by atoms with Gasteiger partial charge in [-0.2, -0.15) is 0 Å². The minimum atomic E-state index is -3.94. The average Bonchev–Trinajstić information content (AvgIpc) is 2.96. The van der Waals surface area contributed by atoms with Crippen molar-refractivity contribution in [1.82, 2.24) is 9.13 Å². The molecule has 0 saturated carbocycles. The summed E-state index contributed by atoms with van der Waals surface area (Å²) in [7, 11) is -0.622. The molecule has 0 fully saturated rings. The Morgan fingerprint density at radius 3 is 1.94 bits per heavy atom. The largest absolute Gasteiger partial charge is 0.455 e. The van der Waals surface area contributed by atoms with Gasteiger partial charge in [-0.25, -0.2) is 13.2 Å². The highest BCUT2D eigenvalue weighted by Crippen LogP contribution is 2.36. The van der Waals surface area contributed by atoms with Crippen LogP contribution in [0.25, 0.3) is 11.0 Å². The summed E-state index contributed by atoms with van der Waals surface area (Å²) < 4.78 is 39.0. The van der Waals surface area contributed by atoms with Crippen LogP contribution in [0, 0.1) is 27.7 Å². The molecule has 4 rings (SSSR count). The zero-order valence-electron chi connectivity index (χ0n) is 19.6. The van der Waals surface area contributed by atoms with Crippen LogP contribution in [-0.4, -0.2) is 17.6 Å². The molecule has 0 bridgehead atoms. The molecule has 8 heteroatoms. The Morgan fingerprint density at radius 2 is 1.36 bits per heavy atom. The number of aromatic nitrogens is 2. The Morgan fingerprint density at radius 1 is 0.818 bits per heavy atom. The molecule has 0 radical (unpaired) electrons. The van der Waals surface area contributed by atoms with Crippen molar-refractivity contribution in [2.24, 2.45) is 14.1 Å². The van der Waals surface area contributed by atoms with Crippen molar-refractivity contribution < 1.29 is 13.2 Å². The van der Waals surface area contributed by atoms with Crippen LogP contribution in [-0.2, 0) is 24.1 Å². The van der Waals surface area contributed by atoms with Crippen LogP contribution in [0.2, 0.25) is 0 Å². The zero-order valence-corrected chi connectivity index (χ0v) is 20.4. The second-order valence-electron chi connectivity index (χ2n) is 8.35. The van der Waals surface area contributed by atoms with Gasteiger partial charge in [-0.1, -0.05) is 24.3 Å². The third-order valence-corrected chi connectivity index (χ3v) is 7.79. The van der Waals surface area contributed by atoms with E-state index in [1.807, 2.05) is 52.0 Å². The fourth-order valence-corrected chi connectivity index (χ4v) is 5.76. The van der Waals surface area contributed by atoms with E-state index in [1.54, 1.807) is 38.4 Å². The van der Waals surface area contributed by atoms with Crippen LogP contribution in [0.1, 0.15) is 22.3 Å². The van der Waals surface area contributed by atoms with E-state index in [4.69, 9.17) is 4.74 Å². The third kappa shape index (κ3) is 3.91. The molecule has 33 heavy (non-hydrogen) atoms. The van der Waals surface area contributed by atoms with Gasteiger partial charge in [0, 0.05) is 20.2 Å². The fraction of sp³-hybridized carbons (Fsp3) is 0.240. The van der Waals surface area contributed by atoms with E-state index in [0.29, 0.717) is 33.7 Å². The number of anilines is 1. The Hall–Kier alpha value is -3.52. The molecule has 0 unspecified atom stereocenters. The zero-order chi connectivity index (χ0) is 24.1. The lowest BCUT2D eigenvalue weighted by molar-refractivity contribution is 0.485. The SMILES string of the molecule is Cc1cc(C)c(C)c(S(=O)(=O)Nc2cc3c(cc2Oc2ccccc2)n(C)c(=O)n3C)c1C. The van der Waals surface area contributed by atoms with Crippen LogP contribution in [0.5, 0.6) is 11.5 Å². The summed E-state index contributed by atoms with van der Waals surface area (Å²) >= 11 is 0. The third-order valence-electron chi connectivity index (χ3n) is 6.15. The highest BCUT2D eigenvalue weighted by molar-refractivity contribution is 7.92. The Labute approximate surface area is 193 Å². The first-order valence-corrected chi connectivity index (χ1v) is 12.0. The summed E-state index contributed by atoms with van der Waals surface area (Å²) in [5, 5.41) is 0. The number of aryl methyl sites for hydroxylation is 4. The van der Waals surface area contributed by atoms with Gasteiger partial charge in [0.05, 0.1) is 21.6 Å². The monoisotopic (exact) mass is 465 g/mol. The molecule has 7 nitrogen and oxygen atoms in total. The summed E-state index contributed by atoms with van der Waals surface area (Å²) in [6, 6.07) is 14.4. The number of hydrogen-bond acceptors (Lipinski definition) is 4. The number of fused-ring (bicyclic) bond motifs is 1. The van der Waals surface area contributed by atoms with E-state index in [1.165, 1.54) is 9.13 Å². The van der Waals surface area contributed by atoms with Gasteiger partial charge in [0.1, 0.15) is 5.75 Å². The number of nitrogens with one attached hydrogen (secondary N) is 1. The average molecular weight is 466 g/mol. The number of para-hydroxylation sites is 1. The molecule has 0 saturated heterocycles. The van der Waals surface area contributed by atoms with Gasteiger partial charge >= 0.3 is 5.69 Å². The number of nitrogens with zero attached hydrogens (tertiary/aromatic N) is 2. The number of rotatable bonds is 5. The first-order valence-electron chi connectivity index (χ1n) is 10.5. The van der Waals surface area contributed by atoms with Crippen LogP contribution in [0.3, 0.4) is 0 Å². The van der Waals surface area contributed by atoms with E-state index in [0.717, 1.165) is 11.1 Å². The summed E-state index contributed by atoms with van der Waals surface area (Å²) in [6.07, 6.45) is 0. The summed E-state index contributed by atoms with van der Waals surface area (Å²) in [4.78, 5) is 12.7. The van der Waals surface area contributed by atoms with E-state index >= 15 is 0 Å². The summed E-state index contributed by atoms with van der Waals surface area (Å²) in [6.45, 7) is 7.41. The molecule has 1 aromatic heterocycles. The van der Waals surface area contributed by atoms with Crippen LogP contribution < -0.4 is 15.1 Å². The number of benzene rings is 3. The van der Waals surface area contributed by atoms with Gasteiger partial charge in [-0.15, -0.1) is 0 Å². The molecule has 4 aromatic rings. The van der Waals surface area contributed by atoms with Gasteiger partial charge in [0.2, 0.25) is 0 Å². The highest BCUT2D eigenvalue weighted by Gasteiger charge is 2.25. The quantitative estimate of drug-likeness (QED) is 0.463. The Kier molecular flexibility index (Phi) is 5.57. The molecule has 0 atom stereocenters. The molecule has 0 aliphatic carbocycles. The summed E-state index contributed by atoms with van der Waals surface area (Å²) in [5.74, 6) is 0.857. The first-order chi connectivity index (χ1) is 15.5. The van der Waals surface area contributed by atoms with E-state index in [-0.39, 0.29) is 16.3 Å². The lowest BCUT2D eigenvalue weighted by atomic mass is 10.0. The highest BCUT2D eigenvalue weighted by atomic mass is 32.2. The van der Waals surface area contributed by atoms with E-state index in [9.17, 15) is 13.2 Å². The van der Waals surface area contributed by atoms with Crippen molar-refractivity contribution in [1.29, 1.82) is 0 Å². The molecule has 1 N–H and O–H groups in total. The Balaban J connectivity index is 1.92. The lowest BCUT2D eigenvalue weighted by Crippen LogP contribution is -2.19. The maximum absolute atomic E-state index is 13.6. The van der Waals surface area contributed by atoms with Crippen molar-refractivity contribution >= 4 is 26.7 Å². The van der Waals surface area contributed by atoms with E-state index in [2.05, 4.69) is 4.72 Å². The van der Waals surface area contributed by atoms with Crippen molar-refractivity contribution in [2.75, 3.05) is 4.72 Å². The standard InChI is InChI=1S/C25H27N3O4S/c1-15-12-16(2)18(4)24(17(15)3)33(30,31)26-20-13-21-22(28(6)25(29)27(21)5)14-23(20)32-19-10-8-7-9-11-19/h7-14,26H,1-6H3. The summed E-state index contributed by atoms with van der Waals surface area (Å²) in [5.41, 5.74) is 4.47. The van der Waals surface area contributed by atoms with Gasteiger partial charge in [0.25, 0.3) is 10.0 Å². The lowest BCUT2D eigenvalue weighted by Gasteiger charge is -2.18. The van der Waals surface area contributed by atoms with Gasteiger partial charge in [0.15, 0.2) is 5.75 Å². The maximum Gasteiger partial charge on any atom is 0.328 e. The number of imidazole rings is 1. The van der Waals surface area contributed by atoms with E-state index < -0.39 is 10.0 Å². The van der Waals surface area contributed by atoms with Crippen LogP contribution in [0.15, 0.2) is 58.2 Å². The normalized spacial score (nSPS) is 11.7. The second kappa shape index (κ2) is 8.12.